The Hall–Kier alpha value is -2.18. The lowest BCUT2D eigenvalue weighted by molar-refractivity contribution is -0.145. The van der Waals surface area contributed by atoms with Gasteiger partial charge in [0.2, 0.25) is 11.7 Å². The van der Waals surface area contributed by atoms with Crippen molar-refractivity contribution in [3.05, 3.63) is 47.2 Å². The van der Waals surface area contributed by atoms with Crippen LogP contribution in [0.3, 0.4) is 0 Å². The van der Waals surface area contributed by atoms with Crippen molar-refractivity contribution >= 4 is 0 Å². The molecule has 2 aromatic heterocycles. The summed E-state index contributed by atoms with van der Waals surface area (Å²) in [6, 6.07) is 3.69. The summed E-state index contributed by atoms with van der Waals surface area (Å²) in [5.41, 5.74) is 2.16. The van der Waals surface area contributed by atoms with Crippen molar-refractivity contribution in [1.29, 1.82) is 0 Å². The van der Waals surface area contributed by atoms with Crippen LogP contribution in [0.4, 0.5) is 13.2 Å². The first kappa shape index (κ1) is 18.2. The van der Waals surface area contributed by atoms with Crippen LogP contribution in [-0.4, -0.2) is 22.1 Å². The van der Waals surface area contributed by atoms with Gasteiger partial charge >= 0.3 is 6.18 Å². The molecule has 0 N–H and O–H groups in total. The zero-order valence-electron chi connectivity index (χ0n) is 14.1. The fraction of sp³-hybridized carbons (Fsp3) is 0.471. The lowest BCUT2D eigenvalue weighted by Gasteiger charge is -2.17. The molecule has 0 bridgehead atoms. The van der Waals surface area contributed by atoms with Gasteiger partial charge in [-0.25, -0.2) is 15.0 Å². The number of hydrogen-bond donors (Lipinski definition) is 0. The summed E-state index contributed by atoms with van der Waals surface area (Å²) in [5, 5.41) is 0. The maximum absolute atomic E-state index is 12.8. The van der Waals surface area contributed by atoms with Crippen molar-refractivity contribution in [3.8, 4) is 5.88 Å². The highest BCUT2D eigenvalue weighted by Crippen LogP contribution is 2.30. The van der Waals surface area contributed by atoms with Crippen molar-refractivity contribution in [1.82, 2.24) is 15.0 Å². The minimum absolute atomic E-state index is 0.0692. The molecule has 0 radical (unpaired) electrons. The van der Waals surface area contributed by atoms with Crippen LogP contribution in [0.15, 0.2) is 24.5 Å². The Morgan fingerprint density at radius 3 is 2.46 bits per heavy atom. The van der Waals surface area contributed by atoms with Gasteiger partial charge in [0, 0.05) is 18.5 Å². The summed E-state index contributed by atoms with van der Waals surface area (Å²) in [4.78, 5) is 11.3. The molecule has 1 unspecified atom stereocenters. The predicted molar refractivity (Wildman–Crippen MR) is 84.0 cm³/mol. The lowest BCUT2D eigenvalue weighted by atomic mass is 9.92. The van der Waals surface area contributed by atoms with E-state index < -0.39 is 12.0 Å². The monoisotopic (exact) mass is 339 g/mol. The van der Waals surface area contributed by atoms with Gasteiger partial charge in [0.15, 0.2) is 0 Å². The molecule has 0 aliphatic heterocycles. The molecule has 0 fully saturated rings. The molecule has 1 atom stereocenters. The van der Waals surface area contributed by atoms with Crippen molar-refractivity contribution in [2.75, 3.05) is 7.11 Å². The van der Waals surface area contributed by atoms with E-state index in [2.05, 4.69) is 15.0 Å². The Balaban J connectivity index is 2.31. The number of ether oxygens (including phenoxy) is 1. The van der Waals surface area contributed by atoms with E-state index in [4.69, 9.17) is 4.74 Å². The van der Waals surface area contributed by atoms with Crippen LogP contribution in [0.25, 0.3) is 0 Å². The first-order valence-corrected chi connectivity index (χ1v) is 7.65. The van der Waals surface area contributed by atoms with E-state index >= 15 is 0 Å². The summed E-state index contributed by atoms with van der Waals surface area (Å²) < 4.78 is 43.6. The molecule has 0 saturated carbocycles. The average molecular weight is 339 g/mol. The number of nitrogens with zero attached hydrogens (tertiary/aromatic N) is 3. The third-order valence-corrected chi connectivity index (χ3v) is 3.76. The molecule has 0 spiro atoms. The Bertz CT molecular complexity index is 702. The van der Waals surface area contributed by atoms with Gasteiger partial charge < -0.3 is 4.74 Å². The number of hydrogen-bond acceptors (Lipinski definition) is 4. The number of rotatable bonds is 5. The largest absolute Gasteiger partial charge is 0.481 e. The number of halogens is 3. The van der Waals surface area contributed by atoms with Crippen molar-refractivity contribution in [2.45, 2.75) is 45.2 Å². The van der Waals surface area contributed by atoms with Crippen LogP contribution >= 0.6 is 0 Å². The zero-order chi connectivity index (χ0) is 17.9. The first-order valence-electron chi connectivity index (χ1n) is 7.65. The van der Waals surface area contributed by atoms with Crippen LogP contribution < -0.4 is 4.74 Å². The predicted octanol–water partition coefficient (Wildman–Crippen LogP) is 4.37. The van der Waals surface area contributed by atoms with Gasteiger partial charge in [-0.2, -0.15) is 13.2 Å². The van der Waals surface area contributed by atoms with Gasteiger partial charge in [0.05, 0.1) is 12.8 Å². The SMILES string of the molecule is COc1cc(C(C)Cc2cnc(C(F)(F)F)nc2C(C)C)ccn1. The van der Waals surface area contributed by atoms with Crippen molar-refractivity contribution in [2.24, 2.45) is 0 Å². The van der Waals surface area contributed by atoms with E-state index in [9.17, 15) is 13.2 Å². The number of methoxy groups -OCH3 is 1. The number of pyridine rings is 1. The maximum Gasteiger partial charge on any atom is 0.451 e. The molecule has 0 aliphatic carbocycles. The molecule has 4 nitrogen and oxygen atoms in total. The molecule has 0 amide bonds. The van der Waals surface area contributed by atoms with Crippen LogP contribution in [0, 0.1) is 0 Å². The molecule has 0 aliphatic rings. The minimum atomic E-state index is -4.54. The highest BCUT2D eigenvalue weighted by atomic mass is 19.4. The molecule has 0 saturated heterocycles. The number of aromatic nitrogens is 3. The molecule has 2 heterocycles. The summed E-state index contributed by atoms with van der Waals surface area (Å²) >= 11 is 0. The molecule has 7 heteroatoms. The molecule has 2 rings (SSSR count). The third-order valence-electron chi connectivity index (χ3n) is 3.76. The van der Waals surface area contributed by atoms with Crippen molar-refractivity contribution < 1.29 is 17.9 Å². The second-order valence-corrected chi connectivity index (χ2v) is 5.99. The highest BCUT2D eigenvalue weighted by molar-refractivity contribution is 5.28. The number of alkyl halides is 3. The first-order chi connectivity index (χ1) is 11.2. The fourth-order valence-electron chi connectivity index (χ4n) is 2.50. The fourth-order valence-corrected chi connectivity index (χ4v) is 2.50. The quantitative estimate of drug-likeness (QED) is 0.812. The van der Waals surface area contributed by atoms with Gasteiger partial charge in [-0.1, -0.05) is 20.8 Å². The molecule has 0 aromatic carbocycles. The Kier molecular flexibility index (Phi) is 5.41. The van der Waals surface area contributed by atoms with E-state index in [1.54, 1.807) is 6.20 Å². The standard InChI is InChI=1S/C17H20F3N3O/c1-10(2)15-13(9-22-16(23-15)17(18,19)20)7-11(3)12-5-6-21-14(8-12)24-4/h5-6,8-11H,7H2,1-4H3. The van der Waals surface area contributed by atoms with Crippen LogP contribution in [0.5, 0.6) is 5.88 Å². The molecule has 2 aromatic rings. The second-order valence-electron chi connectivity index (χ2n) is 5.99. The van der Waals surface area contributed by atoms with E-state index in [0.717, 1.165) is 11.1 Å². The van der Waals surface area contributed by atoms with Crippen LogP contribution in [0.1, 0.15) is 55.3 Å². The van der Waals surface area contributed by atoms with Gasteiger partial charge in [-0.05, 0) is 35.4 Å². The maximum atomic E-state index is 12.8. The van der Waals surface area contributed by atoms with E-state index in [0.29, 0.717) is 18.0 Å². The van der Waals surface area contributed by atoms with Gasteiger partial charge in [0.25, 0.3) is 0 Å². The lowest BCUT2D eigenvalue weighted by Crippen LogP contribution is -2.15. The second kappa shape index (κ2) is 7.15. The summed E-state index contributed by atoms with van der Waals surface area (Å²) in [6.45, 7) is 5.65. The third kappa shape index (κ3) is 4.21. The Morgan fingerprint density at radius 1 is 1.17 bits per heavy atom. The molecule has 130 valence electrons. The minimum Gasteiger partial charge on any atom is -0.481 e. The molecule has 24 heavy (non-hydrogen) atoms. The van der Waals surface area contributed by atoms with Crippen LogP contribution in [-0.2, 0) is 12.6 Å². The van der Waals surface area contributed by atoms with E-state index in [1.165, 1.54) is 13.3 Å². The van der Waals surface area contributed by atoms with Crippen LogP contribution in [0.2, 0.25) is 0 Å². The van der Waals surface area contributed by atoms with Gasteiger partial charge in [0.1, 0.15) is 0 Å². The molecular formula is C17H20F3N3O. The Labute approximate surface area is 139 Å². The Morgan fingerprint density at radius 2 is 1.88 bits per heavy atom. The zero-order valence-corrected chi connectivity index (χ0v) is 14.1. The summed E-state index contributed by atoms with van der Waals surface area (Å²) in [5.74, 6) is -0.636. The van der Waals surface area contributed by atoms with E-state index in [-0.39, 0.29) is 11.8 Å². The van der Waals surface area contributed by atoms with Gasteiger partial charge in [-0.15, -0.1) is 0 Å². The molecular weight excluding hydrogens is 319 g/mol. The van der Waals surface area contributed by atoms with Gasteiger partial charge in [-0.3, -0.25) is 0 Å². The van der Waals surface area contributed by atoms with Crippen molar-refractivity contribution in [3.63, 3.8) is 0 Å². The highest BCUT2D eigenvalue weighted by Gasteiger charge is 2.35. The average Bonchev–Trinajstić information content (AvgIpc) is 2.54. The normalized spacial score (nSPS) is 13.2. The van der Waals surface area contributed by atoms with E-state index in [1.807, 2.05) is 32.9 Å². The summed E-state index contributed by atoms with van der Waals surface area (Å²) in [7, 11) is 1.54. The smallest absolute Gasteiger partial charge is 0.451 e. The topological polar surface area (TPSA) is 47.9 Å². The summed E-state index contributed by atoms with van der Waals surface area (Å²) in [6.07, 6.45) is -1.05.